The molecule has 19 heavy (non-hydrogen) atoms. The Kier molecular flexibility index (Phi) is 3.44. The van der Waals surface area contributed by atoms with Crippen LogP contribution in [0.1, 0.15) is 12.5 Å². The average molecular weight is 291 g/mol. The van der Waals surface area contributed by atoms with Gasteiger partial charge in [-0.2, -0.15) is 18.3 Å². The molecular formula is C11H9F4N3S. The van der Waals surface area contributed by atoms with Crippen molar-refractivity contribution in [2.45, 2.75) is 19.6 Å². The van der Waals surface area contributed by atoms with E-state index in [1.165, 1.54) is 4.57 Å². The molecule has 0 saturated heterocycles. The van der Waals surface area contributed by atoms with Crippen molar-refractivity contribution in [1.82, 2.24) is 14.8 Å². The molecule has 0 radical (unpaired) electrons. The second-order valence-corrected chi connectivity index (χ2v) is 4.18. The van der Waals surface area contributed by atoms with Gasteiger partial charge in [0.25, 0.3) is 0 Å². The number of hydrogen-bond acceptors (Lipinski definition) is 2. The number of hydrogen-bond donors (Lipinski definition) is 1. The Morgan fingerprint density at radius 1 is 1.37 bits per heavy atom. The lowest BCUT2D eigenvalue weighted by Crippen LogP contribution is -2.07. The molecule has 0 fully saturated rings. The minimum Gasteiger partial charge on any atom is -0.300 e. The number of aromatic amines is 1. The first-order valence-corrected chi connectivity index (χ1v) is 5.77. The van der Waals surface area contributed by atoms with Gasteiger partial charge in [-0.3, -0.25) is 5.10 Å². The third-order valence-corrected chi connectivity index (χ3v) is 2.92. The third-order valence-electron chi connectivity index (χ3n) is 2.61. The number of aromatic nitrogens is 3. The summed E-state index contributed by atoms with van der Waals surface area (Å²) in [4.78, 5) is 0. The lowest BCUT2D eigenvalue weighted by atomic mass is 10.1. The highest BCUT2D eigenvalue weighted by atomic mass is 32.1. The molecule has 102 valence electrons. The molecule has 0 unspecified atom stereocenters. The van der Waals surface area contributed by atoms with Crippen LogP contribution < -0.4 is 0 Å². The standard InChI is InChI=1S/C11H9F4N3S/c1-2-18-9(16-17-10(18)19)7-5-6(11(13,14)15)3-4-8(7)12/h3-5H,2H2,1H3,(H,17,19). The lowest BCUT2D eigenvalue weighted by Gasteiger charge is -2.10. The maximum Gasteiger partial charge on any atom is 0.416 e. The Hall–Kier alpha value is -1.70. The normalized spacial score (nSPS) is 11.8. The van der Waals surface area contributed by atoms with Crippen molar-refractivity contribution in [3.8, 4) is 11.4 Å². The molecule has 2 rings (SSSR count). The van der Waals surface area contributed by atoms with E-state index in [2.05, 4.69) is 10.2 Å². The molecule has 0 saturated carbocycles. The molecule has 2 aromatic rings. The van der Waals surface area contributed by atoms with Crippen molar-refractivity contribution in [1.29, 1.82) is 0 Å². The summed E-state index contributed by atoms with van der Waals surface area (Å²) in [6, 6.07) is 2.19. The van der Waals surface area contributed by atoms with Gasteiger partial charge < -0.3 is 4.57 Å². The highest BCUT2D eigenvalue weighted by Gasteiger charge is 2.31. The van der Waals surface area contributed by atoms with Crippen LogP contribution in [0.5, 0.6) is 0 Å². The fourth-order valence-electron chi connectivity index (χ4n) is 1.69. The Labute approximate surface area is 110 Å². The summed E-state index contributed by atoms with van der Waals surface area (Å²) in [5.74, 6) is -0.729. The first-order valence-electron chi connectivity index (χ1n) is 5.37. The van der Waals surface area contributed by atoms with E-state index in [0.717, 1.165) is 12.1 Å². The molecule has 1 aromatic heterocycles. The van der Waals surface area contributed by atoms with Crippen LogP contribution in [0.15, 0.2) is 18.2 Å². The van der Waals surface area contributed by atoms with Crippen molar-refractivity contribution >= 4 is 12.2 Å². The van der Waals surface area contributed by atoms with E-state index in [0.29, 0.717) is 12.6 Å². The van der Waals surface area contributed by atoms with Gasteiger partial charge in [-0.1, -0.05) is 0 Å². The second-order valence-electron chi connectivity index (χ2n) is 3.79. The highest BCUT2D eigenvalue weighted by Crippen LogP contribution is 2.33. The Morgan fingerprint density at radius 2 is 2.05 bits per heavy atom. The number of rotatable bonds is 2. The number of benzene rings is 1. The fourth-order valence-corrected chi connectivity index (χ4v) is 1.95. The molecule has 0 amide bonds. The first-order chi connectivity index (χ1) is 8.84. The van der Waals surface area contributed by atoms with E-state index in [4.69, 9.17) is 12.2 Å². The lowest BCUT2D eigenvalue weighted by molar-refractivity contribution is -0.137. The second kappa shape index (κ2) is 4.76. The number of nitrogens with one attached hydrogen (secondary N) is 1. The van der Waals surface area contributed by atoms with Gasteiger partial charge in [-0.05, 0) is 37.3 Å². The van der Waals surface area contributed by atoms with Gasteiger partial charge in [-0.25, -0.2) is 4.39 Å². The monoisotopic (exact) mass is 291 g/mol. The van der Waals surface area contributed by atoms with Crippen LogP contribution in [0.2, 0.25) is 0 Å². The summed E-state index contributed by atoms with van der Waals surface area (Å²) in [7, 11) is 0. The molecule has 0 spiro atoms. The first kappa shape index (κ1) is 13.7. The molecule has 0 aliphatic heterocycles. The van der Waals surface area contributed by atoms with Crippen molar-refractivity contribution < 1.29 is 17.6 Å². The zero-order valence-corrected chi connectivity index (χ0v) is 10.6. The number of halogens is 4. The molecule has 0 aliphatic carbocycles. The summed E-state index contributed by atoms with van der Waals surface area (Å²) in [6.07, 6.45) is -4.54. The van der Waals surface area contributed by atoms with Crippen molar-refractivity contribution in [3.05, 3.63) is 34.4 Å². The maximum atomic E-state index is 13.7. The van der Waals surface area contributed by atoms with Gasteiger partial charge in [0.15, 0.2) is 10.6 Å². The van der Waals surface area contributed by atoms with E-state index in [1.807, 2.05) is 0 Å². The summed E-state index contributed by atoms with van der Waals surface area (Å²) in [5.41, 5.74) is -1.16. The Balaban J connectivity index is 2.65. The Bertz CT molecular complexity index is 657. The minimum absolute atomic E-state index is 0.0519. The van der Waals surface area contributed by atoms with Crippen molar-refractivity contribution in [2.75, 3.05) is 0 Å². The quantitative estimate of drug-likeness (QED) is 0.674. The van der Waals surface area contributed by atoms with E-state index in [9.17, 15) is 17.6 Å². The zero-order chi connectivity index (χ0) is 14.2. The molecule has 1 aromatic carbocycles. The van der Waals surface area contributed by atoms with Crippen LogP contribution in [0.3, 0.4) is 0 Å². The van der Waals surface area contributed by atoms with E-state index in [-0.39, 0.29) is 16.2 Å². The van der Waals surface area contributed by atoms with E-state index < -0.39 is 17.6 Å². The molecule has 1 heterocycles. The predicted molar refractivity (Wildman–Crippen MR) is 63.5 cm³/mol. The average Bonchev–Trinajstić information content (AvgIpc) is 2.69. The van der Waals surface area contributed by atoms with Gasteiger partial charge in [0.1, 0.15) is 5.82 Å². The minimum atomic E-state index is -4.54. The highest BCUT2D eigenvalue weighted by molar-refractivity contribution is 7.71. The van der Waals surface area contributed by atoms with Crippen LogP contribution in [-0.4, -0.2) is 14.8 Å². The molecule has 0 bridgehead atoms. The number of alkyl halides is 3. The summed E-state index contributed by atoms with van der Waals surface area (Å²) in [5, 5.41) is 6.22. The van der Waals surface area contributed by atoms with Crippen LogP contribution in [-0.2, 0) is 12.7 Å². The summed E-state index contributed by atoms with van der Waals surface area (Å²) < 4.78 is 53.2. The van der Waals surface area contributed by atoms with Crippen LogP contribution in [0.25, 0.3) is 11.4 Å². The zero-order valence-electron chi connectivity index (χ0n) is 9.75. The van der Waals surface area contributed by atoms with Crippen LogP contribution >= 0.6 is 12.2 Å². The van der Waals surface area contributed by atoms with Gasteiger partial charge in [0, 0.05) is 6.54 Å². The van der Waals surface area contributed by atoms with Crippen LogP contribution in [0.4, 0.5) is 17.6 Å². The third kappa shape index (κ3) is 2.53. The van der Waals surface area contributed by atoms with Gasteiger partial charge in [-0.15, -0.1) is 0 Å². The summed E-state index contributed by atoms with van der Waals surface area (Å²) >= 11 is 4.92. The maximum absolute atomic E-state index is 13.7. The van der Waals surface area contributed by atoms with E-state index in [1.54, 1.807) is 6.92 Å². The fraction of sp³-hybridized carbons (Fsp3) is 0.273. The van der Waals surface area contributed by atoms with Gasteiger partial charge in [0.05, 0.1) is 11.1 Å². The SMILES string of the molecule is CCn1c(-c2cc(C(F)(F)F)ccc2F)n[nH]c1=S. The molecule has 0 atom stereocenters. The molecular weight excluding hydrogens is 282 g/mol. The largest absolute Gasteiger partial charge is 0.416 e. The molecule has 1 N–H and O–H groups in total. The molecule has 8 heteroatoms. The molecule has 3 nitrogen and oxygen atoms in total. The smallest absolute Gasteiger partial charge is 0.300 e. The topological polar surface area (TPSA) is 33.6 Å². The van der Waals surface area contributed by atoms with Gasteiger partial charge in [0.2, 0.25) is 0 Å². The van der Waals surface area contributed by atoms with Crippen molar-refractivity contribution in [3.63, 3.8) is 0 Å². The Morgan fingerprint density at radius 3 is 2.63 bits per heavy atom. The van der Waals surface area contributed by atoms with Crippen LogP contribution in [0, 0.1) is 10.6 Å². The molecule has 0 aliphatic rings. The predicted octanol–water partition coefficient (Wildman–Crippen LogP) is 3.79. The summed E-state index contributed by atoms with van der Waals surface area (Å²) in [6.45, 7) is 2.11. The van der Waals surface area contributed by atoms with E-state index >= 15 is 0 Å². The number of H-pyrrole nitrogens is 1. The van der Waals surface area contributed by atoms with Crippen molar-refractivity contribution in [2.24, 2.45) is 0 Å². The number of nitrogens with zero attached hydrogens (tertiary/aromatic N) is 2. The van der Waals surface area contributed by atoms with Gasteiger partial charge >= 0.3 is 6.18 Å².